The number of nitrogens with one attached hydrogen (secondary N) is 2. The van der Waals surface area contributed by atoms with Crippen LogP contribution in [0, 0.1) is 5.82 Å². The Bertz CT molecular complexity index is 1320. The van der Waals surface area contributed by atoms with E-state index in [9.17, 15) is 14.0 Å². The molecule has 0 aliphatic rings. The van der Waals surface area contributed by atoms with E-state index >= 15 is 0 Å². The first-order valence-corrected chi connectivity index (χ1v) is 9.77. The van der Waals surface area contributed by atoms with Crippen LogP contribution >= 0.6 is 23.2 Å². The van der Waals surface area contributed by atoms with Crippen LogP contribution in [0.5, 0.6) is 0 Å². The van der Waals surface area contributed by atoms with Crippen molar-refractivity contribution in [2.45, 2.75) is 6.54 Å². The van der Waals surface area contributed by atoms with Gasteiger partial charge in [0.15, 0.2) is 17.3 Å². The molecule has 0 bridgehead atoms. The highest BCUT2D eigenvalue weighted by atomic mass is 35.5. The lowest BCUT2D eigenvalue weighted by atomic mass is 9.96. The SMILES string of the molecule is Nc1[nH]nnc1C(=O)NCc1cc(Cl)c(C(=O)c2ccc(F)c3ccccc23)c(Cl)c1. The van der Waals surface area contributed by atoms with Crippen molar-refractivity contribution in [2.24, 2.45) is 0 Å². The monoisotopic (exact) mass is 457 g/mol. The van der Waals surface area contributed by atoms with E-state index in [4.69, 9.17) is 28.9 Å². The lowest BCUT2D eigenvalue weighted by molar-refractivity contribution is 0.0946. The molecule has 0 unspecified atom stereocenters. The molecule has 4 rings (SSSR count). The number of aromatic nitrogens is 3. The summed E-state index contributed by atoms with van der Waals surface area (Å²) in [5.41, 5.74) is 6.47. The molecule has 4 aromatic rings. The summed E-state index contributed by atoms with van der Waals surface area (Å²) in [7, 11) is 0. The molecule has 10 heteroatoms. The average molecular weight is 458 g/mol. The van der Waals surface area contributed by atoms with Crippen molar-refractivity contribution < 1.29 is 14.0 Å². The summed E-state index contributed by atoms with van der Waals surface area (Å²) in [6.45, 7) is 0.0680. The second-order valence-electron chi connectivity index (χ2n) is 6.66. The molecule has 0 fully saturated rings. The predicted octanol–water partition coefficient (Wildman–Crippen LogP) is 4.15. The number of fused-ring (bicyclic) bond motifs is 1. The zero-order chi connectivity index (χ0) is 22.1. The molecule has 0 atom stereocenters. The summed E-state index contributed by atoms with van der Waals surface area (Å²) in [5.74, 6) is -1.35. The number of carbonyl (C=O) groups excluding carboxylic acids is 2. The Labute approximate surface area is 185 Å². The number of benzene rings is 3. The van der Waals surface area contributed by atoms with Crippen LogP contribution in [0.15, 0.2) is 48.5 Å². The summed E-state index contributed by atoms with van der Waals surface area (Å²) in [6, 6.07) is 12.4. The topological polar surface area (TPSA) is 114 Å². The van der Waals surface area contributed by atoms with Gasteiger partial charge in [0.25, 0.3) is 5.91 Å². The van der Waals surface area contributed by atoms with E-state index in [-0.39, 0.29) is 39.2 Å². The van der Waals surface area contributed by atoms with Crippen molar-refractivity contribution in [1.82, 2.24) is 20.7 Å². The molecule has 0 aliphatic carbocycles. The van der Waals surface area contributed by atoms with E-state index in [1.165, 1.54) is 24.3 Å². The Morgan fingerprint density at radius 1 is 1.06 bits per heavy atom. The molecule has 1 heterocycles. The van der Waals surface area contributed by atoms with Gasteiger partial charge in [0.2, 0.25) is 0 Å². The molecule has 1 amide bonds. The molecule has 0 radical (unpaired) electrons. The Balaban J connectivity index is 1.62. The Hall–Kier alpha value is -3.49. The molecule has 156 valence electrons. The Kier molecular flexibility index (Phi) is 5.58. The smallest absolute Gasteiger partial charge is 0.275 e. The van der Waals surface area contributed by atoms with Gasteiger partial charge < -0.3 is 11.1 Å². The molecule has 3 aromatic carbocycles. The number of amides is 1. The lowest BCUT2D eigenvalue weighted by Crippen LogP contribution is -2.24. The number of ketones is 1. The predicted molar refractivity (Wildman–Crippen MR) is 116 cm³/mol. The lowest BCUT2D eigenvalue weighted by Gasteiger charge is -2.12. The van der Waals surface area contributed by atoms with E-state index in [1.807, 2.05) is 0 Å². The number of carbonyl (C=O) groups is 2. The van der Waals surface area contributed by atoms with Crippen molar-refractivity contribution in [3.05, 3.63) is 86.8 Å². The van der Waals surface area contributed by atoms with Crippen LogP contribution in [0.3, 0.4) is 0 Å². The van der Waals surface area contributed by atoms with Gasteiger partial charge in [-0.15, -0.1) is 5.10 Å². The molecule has 0 saturated carbocycles. The first-order valence-electron chi connectivity index (χ1n) is 9.01. The summed E-state index contributed by atoms with van der Waals surface area (Å²) in [4.78, 5) is 25.3. The summed E-state index contributed by atoms with van der Waals surface area (Å²) >= 11 is 12.7. The van der Waals surface area contributed by atoms with Gasteiger partial charge in [-0.1, -0.05) is 52.7 Å². The number of halogens is 3. The Morgan fingerprint density at radius 3 is 2.39 bits per heavy atom. The normalized spacial score (nSPS) is 10.9. The fraction of sp³-hybridized carbons (Fsp3) is 0.0476. The highest BCUT2D eigenvalue weighted by Crippen LogP contribution is 2.32. The molecular formula is C21H14Cl2FN5O2. The second kappa shape index (κ2) is 8.33. The van der Waals surface area contributed by atoms with Crippen molar-refractivity contribution in [2.75, 3.05) is 5.73 Å². The number of nitrogens with zero attached hydrogens (tertiary/aromatic N) is 2. The molecule has 0 saturated heterocycles. The third-order valence-corrected chi connectivity index (χ3v) is 5.28. The van der Waals surface area contributed by atoms with Crippen LogP contribution in [-0.2, 0) is 6.54 Å². The number of H-pyrrole nitrogens is 1. The van der Waals surface area contributed by atoms with Gasteiger partial charge in [-0.3, -0.25) is 9.59 Å². The van der Waals surface area contributed by atoms with Crippen molar-refractivity contribution in [3.8, 4) is 0 Å². The zero-order valence-corrected chi connectivity index (χ0v) is 17.3. The number of nitrogens with two attached hydrogens (primary N) is 1. The largest absolute Gasteiger partial charge is 0.382 e. The van der Waals surface area contributed by atoms with Gasteiger partial charge in [0.05, 0.1) is 15.6 Å². The number of rotatable bonds is 5. The number of hydrogen-bond acceptors (Lipinski definition) is 5. The summed E-state index contributed by atoms with van der Waals surface area (Å²) in [6.07, 6.45) is 0. The van der Waals surface area contributed by atoms with Gasteiger partial charge in [0, 0.05) is 17.5 Å². The molecular weight excluding hydrogens is 444 g/mol. The van der Waals surface area contributed by atoms with Crippen LogP contribution in [0.4, 0.5) is 10.2 Å². The first-order chi connectivity index (χ1) is 14.9. The number of aromatic amines is 1. The minimum absolute atomic E-state index is 0.0350. The number of nitrogen functional groups attached to an aromatic ring is 1. The maximum atomic E-state index is 14.1. The molecule has 4 N–H and O–H groups in total. The van der Waals surface area contributed by atoms with E-state index in [0.717, 1.165) is 0 Å². The van der Waals surface area contributed by atoms with Crippen LogP contribution < -0.4 is 11.1 Å². The molecule has 0 aliphatic heterocycles. The third kappa shape index (κ3) is 3.95. The van der Waals surface area contributed by atoms with Gasteiger partial charge in [-0.25, -0.2) is 9.49 Å². The van der Waals surface area contributed by atoms with Crippen LogP contribution in [0.25, 0.3) is 10.8 Å². The molecule has 0 spiro atoms. The quantitative estimate of drug-likeness (QED) is 0.389. The molecule has 7 nitrogen and oxygen atoms in total. The highest BCUT2D eigenvalue weighted by Gasteiger charge is 2.21. The molecule has 31 heavy (non-hydrogen) atoms. The standard InChI is InChI=1S/C21H14Cl2FN5O2/c22-14-7-10(9-26-21(31)18-20(25)28-29-27-18)8-15(23)17(14)19(30)13-5-6-16(24)12-4-2-1-3-11(12)13/h1-8H,9H2,(H,26,31)(H3,25,27,28,29). The fourth-order valence-corrected chi connectivity index (χ4v) is 3.91. The van der Waals surface area contributed by atoms with E-state index in [1.54, 1.807) is 24.3 Å². The van der Waals surface area contributed by atoms with Gasteiger partial charge in [-0.05, 0) is 35.2 Å². The fourth-order valence-electron chi connectivity index (χ4n) is 3.21. The highest BCUT2D eigenvalue weighted by molar-refractivity contribution is 6.41. The zero-order valence-electron chi connectivity index (χ0n) is 15.7. The Morgan fingerprint density at radius 2 is 1.74 bits per heavy atom. The van der Waals surface area contributed by atoms with Gasteiger partial charge in [-0.2, -0.15) is 0 Å². The van der Waals surface area contributed by atoms with Crippen molar-refractivity contribution >= 4 is 51.5 Å². The van der Waals surface area contributed by atoms with E-state index in [2.05, 4.69) is 20.7 Å². The first kappa shape index (κ1) is 20.8. The minimum atomic E-state index is -0.531. The third-order valence-electron chi connectivity index (χ3n) is 4.69. The van der Waals surface area contributed by atoms with Crippen molar-refractivity contribution in [1.29, 1.82) is 0 Å². The summed E-state index contributed by atoms with van der Waals surface area (Å²) < 4.78 is 14.1. The van der Waals surface area contributed by atoms with E-state index in [0.29, 0.717) is 16.3 Å². The van der Waals surface area contributed by atoms with Crippen LogP contribution in [0.1, 0.15) is 32.0 Å². The van der Waals surface area contributed by atoms with Crippen LogP contribution in [0.2, 0.25) is 10.0 Å². The van der Waals surface area contributed by atoms with Gasteiger partial charge in [0.1, 0.15) is 5.82 Å². The average Bonchev–Trinajstić information content (AvgIpc) is 3.18. The minimum Gasteiger partial charge on any atom is -0.382 e. The van der Waals surface area contributed by atoms with Crippen LogP contribution in [-0.4, -0.2) is 27.1 Å². The van der Waals surface area contributed by atoms with Crippen molar-refractivity contribution in [3.63, 3.8) is 0 Å². The number of anilines is 1. The summed E-state index contributed by atoms with van der Waals surface area (Å²) in [5, 5.41) is 13.0. The van der Waals surface area contributed by atoms with E-state index < -0.39 is 17.5 Å². The maximum absolute atomic E-state index is 14.1. The number of hydrogen-bond donors (Lipinski definition) is 3. The second-order valence-corrected chi connectivity index (χ2v) is 7.48. The molecule has 1 aromatic heterocycles. The maximum Gasteiger partial charge on any atom is 0.275 e. The van der Waals surface area contributed by atoms with Gasteiger partial charge >= 0.3 is 0 Å².